The number of carbonyl (C=O) groups is 1. The Morgan fingerprint density at radius 2 is 2.00 bits per heavy atom. The van der Waals surface area contributed by atoms with Gasteiger partial charge in [0.15, 0.2) is 5.75 Å². The normalized spacial score (nSPS) is 14.5. The van der Waals surface area contributed by atoms with Crippen molar-refractivity contribution in [1.29, 1.82) is 0 Å². The number of ether oxygens (including phenoxy) is 1. The SMILES string of the molecule is CCN1CCNc2cc(C)ccc2Oc2ccccc2C1=O. The van der Waals surface area contributed by atoms with Gasteiger partial charge in [-0.15, -0.1) is 0 Å². The number of carbonyl (C=O) groups excluding carboxylic acids is 1. The van der Waals surface area contributed by atoms with Crippen LogP contribution >= 0.6 is 0 Å². The van der Waals surface area contributed by atoms with Gasteiger partial charge in [0.25, 0.3) is 5.91 Å². The quantitative estimate of drug-likeness (QED) is 0.873. The monoisotopic (exact) mass is 296 g/mol. The lowest BCUT2D eigenvalue weighted by atomic mass is 10.1. The highest BCUT2D eigenvalue weighted by atomic mass is 16.5. The van der Waals surface area contributed by atoms with E-state index in [1.54, 1.807) is 0 Å². The van der Waals surface area contributed by atoms with Crippen molar-refractivity contribution in [3.8, 4) is 11.5 Å². The number of fused-ring (bicyclic) bond motifs is 2. The van der Waals surface area contributed by atoms with E-state index in [2.05, 4.69) is 18.3 Å². The molecule has 0 unspecified atom stereocenters. The van der Waals surface area contributed by atoms with Crippen molar-refractivity contribution in [2.45, 2.75) is 13.8 Å². The van der Waals surface area contributed by atoms with Crippen LogP contribution in [0.5, 0.6) is 11.5 Å². The fourth-order valence-corrected chi connectivity index (χ4v) is 2.62. The van der Waals surface area contributed by atoms with Crippen molar-refractivity contribution < 1.29 is 9.53 Å². The molecule has 0 spiro atoms. The minimum absolute atomic E-state index is 0.00969. The number of nitrogens with zero attached hydrogens (tertiary/aromatic N) is 1. The molecule has 2 aromatic rings. The molecule has 0 aliphatic carbocycles. The van der Waals surface area contributed by atoms with Crippen molar-refractivity contribution in [3.63, 3.8) is 0 Å². The summed E-state index contributed by atoms with van der Waals surface area (Å²) in [4.78, 5) is 14.5. The van der Waals surface area contributed by atoms with Gasteiger partial charge in [-0.1, -0.05) is 18.2 Å². The van der Waals surface area contributed by atoms with Crippen LogP contribution < -0.4 is 10.1 Å². The van der Waals surface area contributed by atoms with Crippen LogP contribution in [0.25, 0.3) is 0 Å². The molecule has 0 aromatic heterocycles. The molecule has 2 aromatic carbocycles. The Morgan fingerprint density at radius 1 is 1.18 bits per heavy atom. The Labute approximate surface area is 130 Å². The van der Waals surface area contributed by atoms with Crippen molar-refractivity contribution >= 4 is 11.6 Å². The molecule has 4 heteroatoms. The van der Waals surface area contributed by atoms with Gasteiger partial charge in [0.05, 0.1) is 11.3 Å². The van der Waals surface area contributed by atoms with Gasteiger partial charge in [-0.2, -0.15) is 0 Å². The van der Waals surface area contributed by atoms with E-state index in [0.717, 1.165) is 11.4 Å². The number of para-hydroxylation sites is 1. The second-order valence-electron chi connectivity index (χ2n) is 5.41. The number of nitrogens with one attached hydrogen (secondary N) is 1. The van der Waals surface area contributed by atoms with Crippen LogP contribution in [-0.2, 0) is 0 Å². The van der Waals surface area contributed by atoms with Crippen molar-refractivity contribution in [3.05, 3.63) is 53.6 Å². The van der Waals surface area contributed by atoms with E-state index in [1.165, 1.54) is 5.56 Å². The molecule has 1 N–H and O–H groups in total. The molecule has 22 heavy (non-hydrogen) atoms. The van der Waals surface area contributed by atoms with Gasteiger partial charge >= 0.3 is 0 Å². The predicted molar refractivity (Wildman–Crippen MR) is 87.8 cm³/mol. The van der Waals surface area contributed by atoms with E-state index < -0.39 is 0 Å². The Morgan fingerprint density at radius 3 is 2.82 bits per heavy atom. The van der Waals surface area contributed by atoms with Crippen molar-refractivity contribution in [1.82, 2.24) is 4.90 Å². The Bertz CT molecular complexity index is 697. The summed E-state index contributed by atoms with van der Waals surface area (Å²) < 4.78 is 6.03. The van der Waals surface area contributed by atoms with E-state index in [1.807, 2.05) is 48.2 Å². The van der Waals surface area contributed by atoms with E-state index in [0.29, 0.717) is 30.9 Å². The van der Waals surface area contributed by atoms with E-state index in [4.69, 9.17) is 4.74 Å². The van der Waals surface area contributed by atoms with Gasteiger partial charge < -0.3 is 15.0 Å². The maximum absolute atomic E-state index is 12.7. The van der Waals surface area contributed by atoms with Gasteiger partial charge in [0, 0.05) is 19.6 Å². The summed E-state index contributed by atoms with van der Waals surface area (Å²) in [6.07, 6.45) is 0. The average molecular weight is 296 g/mol. The number of anilines is 1. The summed E-state index contributed by atoms with van der Waals surface area (Å²) in [5, 5.41) is 3.37. The van der Waals surface area contributed by atoms with E-state index in [9.17, 15) is 4.79 Å². The molecule has 0 atom stereocenters. The Kier molecular flexibility index (Phi) is 4.00. The second-order valence-corrected chi connectivity index (χ2v) is 5.41. The fraction of sp³-hybridized carbons (Fsp3) is 0.278. The van der Waals surface area contributed by atoms with Crippen LogP contribution in [0.1, 0.15) is 22.8 Å². The zero-order chi connectivity index (χ0) is 15.5. The lowest BCUT2D eigenvalue weighted by Crippen LogP contribution is -2.35. The largest absolute Gasteiger partial charge is 0.454 e. The molecule has 1 aliphatic heterocycles. The summed E-state index contributed by atoms with van der Waals surface area (Å²) in [7, 11) is 0. The minimum atomic E-state index is 0.00969. The first-order chi connectivity index (χ1) is 10.7. The third-order valence-corrected chi connectivity index (χ3v) is 3.84. The molecular formula is C18H20N2O2. The number of hydrogen-bond acceptors (Lipinski definition) is 3. The number of benzene rings is 2. The Balaban J connectivity index is 2.08. The maximum atomic E-state index is 12.7. The van der Waals surface area contributed by atoms with Crippen LogP contribution in [-0.4, -0.2) is 30.4 Å². The zero-order valence-corrected chi connectivity index (χ0v) is 12.9. The van der Waals surface area contributed by atoms with Gasteiger partial charge in [0.1, 0.15) is 5.75 Å². The van der Waals surface area contributed by atoms with Gasteiger partial charge in [0.2, 0.25) is 0 Å². The lowest BCUT2D eigenvalue weighted by molar-refractivity contribution is 0.0767. The van der Waals surface area contributed by atoms with E-state index >= 15 is 0 Å². The maximum Gasteiger partial charge on any atom is 0.257 e. The second kappa shape index (κ2) is 6.10. The van der Waals surface area contributed by atoms with Gasteiger partial charge in [-0.05, 0) is 43.7 Å². The van der Waals surface area contributed by atoms with Crippen LogP contribution in [0.4, 0.5) is 5.69 Å². The third kappa shape index (κ3) is 2.77. The molecule has 0 fully saturated rings. The fourth-order valence-electron chi connectivity index (χ4n) is 2.62. The van der Waals surface area contributed by atoms with Crippen LogP contribution in [0.15, 0.2) is 42.5 Å². The predicted octanol–water partition coefficient (Wildman–Crippen LogP) is 3.67. The molecule has 4 nitrogen and oxygen atoms in total. The molecule has 0 radical (unpaired) electrons. The molecular weight excluding hydrogens is 276 g/mol. The Hall–Kier alpha value is -2.49. The molecule has 3 rings (SSSR count). The first-order valence-electron chi connectivity index (χ1n) is 7.59. The summed E-state index contributed by atoms with van der Waals surface area (Å²) in [6, 6.07) is 13.4. The zero-order valence-electron chi connectivity index (χ0n) is 12.9. The first-order valence-corrected chi connectivity index (χ1v) is 7.59. The average Bonchev–Trinajstić information content (AvgIpc) is 2.53. The molecule has 1 heterocycles. The molecule has 114 valence electrons. The first kappa shape index (κ1) is 14.4. The number of hydrogen-bond donors (Lipinski definition) is 1. The number of likely N-dealkylation sites (N-methyl/N-ethyl adjacent to an activating group) is 1. The van der Waals surface area contributed by atoms with Gasteiger partial charge in [-0.3, -0.25) is 4.79 Å². The van der Waals surface area contributed by atoms with Crippen LogP contribution in [0.2, 0.25) is 0 Å². The molecule has 0 saturated carbocycles. The van der Waals surface area contributed by atoms with Crippen molar-refractivity contribution in [2.75, 3.05) is 25.0 Å². The molecule has 0 bridgehead atoms. The summed E-state index contributed by atoms with van der Waals surface area (Å²) in [5.74, 6) is 1.35. The molecule has 1 aliphatic rings. The summed E-state index contributed by atoms with van der Waals surface area (Å²) in [5.41, 5.74) is 2.74. The van der Waals surface area contributed by atoms with Crippen LogP contribution in [0, 0.1) is 6.92 Å². The van der Waals surface area contributed by atoms with Crippen LogP contribution in [0.3, 0.4) is 0 Å². The smallest absolute Gasteiger partial charge is 0.257 e. The number of rotatable bonds is 1. The van der Waals surface area contributed by atoms with Crippen molar-refractivity contribution in [2.24, 2.45) is 0 Å². The topological polar surface area (TPSA) is 41.6 Å². The number of aryl methyl sites for hydroxylation is 1. The van der Waals surface area contributed by atoms with E-state index in [-0.39, 0.29) is 5.91 Å². The molecule has 1 amide bonds. The van der Waals surface area contributed by atoms with Gasteiger partial charge in [-0.25, -0.2) is 0 Å². The lowest BCUT2D eigenvalue weighted by Gasteiger charge is -2.25. The highest BCUT2D eigenvalue weighted by Gasteiger charge is 2.20. The highest BCUT2D eigenvalue weighted by molar-refractivity contribution is 5.97. The minimum Gasteiger partial charge on any atom is -0.454 e. The standard InChI is InChI=1S/C18H20N2O2/c1-3-20-11-10-19-15-12-13(2)8-9-17(15)22-16-7-5-4-6-14(16)18(20)21/h4-9,12,19H,3,10-11H2,1-2H3. The number of amides is 1. The highest BCUT2D eigenvalue weighted by Crippen LogP contribution is 2.33. The third-order valence-electron chi connectivity index (χ3n) is 3.84. The molecule has 0 saturated heterocycles. The summed E-state index contributed by atoms with van der Waals surface area (Å²) in [6.45, 7) is 6.08. The summed E-state index contributed by atoms with van der Waals surface area (Å²) >= 11 is 0.